The molecule has 0 amide bonds. The highest BCUT2D eigenvalue weighted by molar-refractivity contribution is 6.37. The lowest BCUT2D eigenvalue weighted by Gasteiger charge is -2.12. The Kier molecular flexibility index (Phi) is 7.53. The van der Waals surface area contributed by atoms with Crippen molar-refractivity contribution >= 4 is 23.2 Å². The summed E-state index contributed by atoms with van der Waals surface area (Å²) in [6.45, 7) is 5.01. The van der Waals surface area contributed by atoms with Crippen molar-refractivity contribution in [1.29, 1.82) is 0 Å². The first-order valence-electron chi connectivity index (χ1n) is 8.16. The molecule has 0 fully saturated rings. The van der Waals surface area contributed by atoms with Gasteiger partial charge < -0.3 is 19.3 Å². The molecule has 2 aromatic carbocycles. The van der Waals surface area contributed by atoms with Crippen molar-refractivity contribution < 1.29 is 19.3 Å². The van der Waals surface area contributed by atoms with Crippen LogP contribution < -0.4 is 14.2 Å². The van der Waals surface area contributed by atoms with E-state index >= 15 is 0 Å². The number of rotatable bonds is 9. The van der Waals surface area contributed by atoms with E-state index in [1.165, 1.54) is 12.1 Å². The van der Waals surface area contributed by atoms with E-state index in [4.69, 9.17) is 37.4 Å². The lowest BCUT2D eigenvalue weighted by molar-refractivity contribution is 0.238. The zero-order valence-electron chi connectivity index (χ0n) is 14.3. The van der Waals surface area contributed by atoms with Gasteiger partial charge in [-0.25, -0.2) is 0 Å². The van der Waals surface area contributed by atoms with Gasteiger partial charge in [0.1, 0.15) is 17.2 Å². The smallest absolute Gasteiger partial charge is 0.156 e. The molecule has 6 heteroatoms. The molecule has 0 saturated carbocycles. The van der Waals surface area contributed by atoms with Crippen molar-refractivity contribution in [2.45, 2.75) is 32.8 Å². The maximum absolute atomic E-state index is 9.39. The van der Waals surface area contributed by atoms with E-state index in [0.29, 0.717) is 29.0 Å². The zero-order valence-corrected chi connectivity index (χ0v) is 15.8. The molecule has 0 spiro atoms. The van der Waals surface area contributed by atoms with Gasteiger partial charge in [-0.2, -0.15) is 0 Å². The van der Waals surface area contributed by atoms with Crippen molar-refractivity contribution in [2.75, 3.05) is 13.2 Å². The molecule has 0 aliphatic carbocycles. The third-order valence-corrected chi connectivity index (χ3v) is 3.78. The molecular weight excluding hydrogens is 363 g/mol. The van der Waals surface area contributed by atoms with E-state index < -0.39 is 0 Å². The topological polar surface area (TPSA) is 47.9 Å². The molecule has 0 aliphatic heterocycles. The lowest BCUT2D eigenvalue weighted by atomic mass is 10.3. The summed E-state index contributed by atoms with van der Waals surface area (Å²) in [5.74, 6) is 1.98. The molecule has 2 rings (SSSR count). The Bertz CT molecular complexity index is 666. The number of phenols is 1. The molecule has 1 N–H and O–H groups in total. The predicted molar refractivity (Wildman–Crippen MR) is 101 cm³/mol. The van der Waals surface area contributed by atoms with Crippen molar-refractivity contribution in [2.24, 2.45) is 0 Å². The fourth-order valence-corrected chi connectivity index (χ4v) is 2.75. The standard InChI is InChI=1S/C19H22Cl2O4/c1-13(2)25-16-7-5-6-15(12-16)23-8-3-4-9-24-19-17(20)10-14(22)11-18(19)21/h5-7,10-13,22H,3-4,8-9H2,1-2H3. The molecule has 0 aromatic heterocycles. The molecule has 0 heterocycles. The predicted octanol–water partition coefficient (Wildman–Crippen LogP) is 5.72. The number of unbranched alkanes of at least 4 members (excludes halogenated alkanes) is 1. The second-order valence-electron chi connectivity index (χ2n) is 5.78. The molecule has 25 heavy (non-hydrogen) atoms. The fraction of sp³-hybridized carbons (Fsp3) is 0.368. The van der Waals surface area contributed by atoms with Gasteiger partial charge in [-0.05, 0) is 38.8 Å². The number of hydrogen-bond donors (Lipinski definition) is 1. The summed E-state index contributed by atoms with van der Waals surface area (Å²) in [5.41, 5.74) is 0. The van der Waals surface area contributed by atoms with Crippen LogP contribution >= 0.6 is 23.2 Å². The van der Waals surface area contributed by atoms with Crippen LogP contribution in [0.1, 0.15) is 26.7 Å². The Hall–Kier alpha value is -1.78. The zero-order chi connectivity index (χ0) is 18.2. The number of hydrogen-bond acceptors (Lipinski definition) is 4. The molecule has 136 valence electrons. The molecule has 0 unspecified atom stereocenters. The normalized spacial score (nSPS) is 10.8. The van der Waals surface area contributed by atoms with Crippen LogP contribution in [0.5, 0.6) is 23.0 Å². The van der Waals surface area contributed by atoms with Crippen molar-refractivity contribution in [1.82, 2.24) is 0 Å². The lowest BCUT2D eigenvalue weighted by Crippen LogP contribution is -2.06. The SMILES string of the molecule is CC(C)Oc1cccc(OCCCCOc2c(Cl)cc(O)cc2Cl)c1. The van der Waals surface area contributed by atoms with Gasteiger partial charge in [-0.1, -0.05) is 29.3 Å². The van der Waals surface area contributed by atoms with E-state index in [9.17, 15) is 5.11 Å². The van der Waals surface area contributed by atoms with E-state index in [1.807, 2.05) is 38.1 Å². The van der Waals surface area contributed by atoms with Gasteiger partial charge in [-0.3, -0.25) is 0 Å². The van der Waals surface area contributed by atoms with Crippen molar-refractivity contribution in [3.63, 3.8) is 0 Å². The molecule has 0 saturated heterocycles. The average Bonchev–Trinajstić information content (AvgIpc) is 2.52. The molecule has 0 aliphatic rings. The van der Waals surface area contributed by atoms with Gasteiger partial charge in [0, 0.05) is 18.2 Å². The van der Waals surface area contributed by atoms with Crippen LogP contribution in [0.15, 0.2) is 36.4 Å². The minimum Gasteiger partial charge on any atom is -0.508 e. The summed E-state index contributed by atoms with van der Waals surface area (Å²) < 4.78 is 16.9. The summed E-state index contributed by atoms with van der Waals surface area (Å²) >= 11 is 12.0. The summed E-state index contributed by atoms with van der Waals surface area (Å²) in [5, 5.41) is 9.98. The van der Waals surface area contributed by atoms with Crippen LogP contribution in [0.3, 0.4) is 0 Å². The summed E-state index contributed by atoms with van der Waals surface area (Å²) in [6.07, 6.45) is 1.74. The molecule has 0 atom stereocenters. The third-order valence-electron chi connectivity index (χ3n) is 3.21. The number of halogens is 2. The Balaban J connectivity index is 1.70. The second kappa shape index (κ2) is 9.64. The first kappa shape index (κ1) is 19.5. The summed E-state index contributed by atoms with van der Waals surface area (Å²) in [6, 6.07) is 10.4. The maximum Gasteiger partial charge on any atom is 0.156 e. The van der Waals surface area contributed by atoms with Crippen molar-refractivity contribution in [3.05, 3.63) is 46.4 Å². The first-order chi connectivity index (χ1) is 12.0. The van der Waals surface area contributed by atoms with E-state index in [0.717, 1.165) is 24.3 Å². The largest absolute Gasteiger partial charge is 0.508 e. The summed E-state index contributed by atoms with van der Waals surface area (Å²) in [4.78, 5) is 0. The highest BCUT2D eigenvalue weighted by Crippen LogP contribution is 2.36. The van der Waals surface area contributed by atoms with Crippen LogP contribution in [0.4, 0.5) is 0 Å². The number of benzene rings is 2. The van der Waals surface area contributed by atoms with Gasteiger partial charge in [0.25, 0.3) is 0 Å². The monoisotopic (exact) mass is 384 g/mol. The minimum atomic E-state index is 0.0134. The van der Waals surface area contributed by atoms with E-state index in [-0.39, 0.29) is 11.9 Å². The number of phenolic OH excluding ortho intramolecular Hbond substituents is 1. The van der Waals surface area contributed by atoms with E-state index in [2.05, 4.69) is 0 Å². The van der Waals surface area contributed by atoms with Crippen molar-refractivity contribution in [3.8, 4) is 23.0 Å². The molecule has 0 radical (unpaired) electrons. The highest BCUT2D eigenvalue weighted by Gasteiger charge is 2.09. The Morgan fingerprint density at radius 3 is 2.16 bits per heavy atom. The second-order valence-corrected chi connectivity index (χ2v) is 6.60. The van der Waals surface area contributed by atoms with Gasteiger partial charge in [0.2, 0.25) is 0 Å². The van der Waals surface area contributed by atoms with Gasteiger partial charge in [0.15, 0.2) is 5.75 Å². The minimum absolute atomic E-state index is 0.0134. The van der Waals surface area contributed by atoms with Crippen LogP contribution in [-0.4, -0.2) is 24.4 Å². The Morgan fingerprint density at radius 2 is 1.52 bits per heavy atom. The fourth-order valence-electron chi connectivity index (χ4n) is 2.16. The number of ether oxygens (including phenoxy) is 3. The van der Waals surface area contributed by atoms with Gasteiger partial charge in [0.05, 0.1) is 29.4 Å². The van der Waals surface area contributed by atoms with Crippen LogP contribution in [0.2, 0.25) is 10.0 Å². The highest BCUT2D eigenvalue weighted by atomic mass is 35.5. The molecule has 0 bridgehead atoms. The van der Waals surface area contributed by atoms with E-state index in [1.54, 1.807) is 0 Å². The third kappa shape index (κ3) is 6.56. The Labute approximate surface area is 158 Å². The molecule has 2 aromatic rings. The number of aromatic hydroxyl groups is 1. The van der Waals surface area contributed by atoms with Crippen LogP contribution in [0, 0.1) is 0 Å². The van der Waals surface area contributed by atoms with Crippen LogP contribution in [0.25, 0.3) is 0 Å². The van der Waals surface area contributed by atoms with Gasteiger partial charge >= 0.3 is 0 Å². The average molecular weight is 385 g/mol. The quantitative estimate of drug-likeness (QED) is 0.561. The maximum atomic E-state index is 9.39. The summed E-state index contributed by atoms with van der Waals surface area (Å²) in [7, 11) is 0. The molecule has 4 nitrogen and oxygen atoms in total. The van der Waals surface area contributed by atoms with Crippen LogP contribution in [-0.2, 0) is 0 Å². The first-order valence-corrected chi connectivity index (χ1v) is 8.91. The Morgan fingerprint density at radius 1 is 0.920 bits per heavy atom. The molecular formula is C19H22Cl2O4. The van der Waals surface area contributed by atoms with Gasteiger partial charge in [-0.15, -0.1) is 0 Å².